The summed E-state index contributed by atoms with van der Waals surface area (Å²) in [4.78, 5) is 14.9. The molecule has 6 heteroatoms. The normalized spacial score (nSPS) is 17.3. The third-order valence-electron chi connectivity index (χ3n) is 5.38. The van der Waals surface area contributed by atoms with Gasteiger partial charge in [0.2, 0.25) is 0 Å². The summed E-state index contributed by atoms with van der Waals surface area (Å²) in [6.45, 7) is 5.89. The summed E-state index contributed by atoms with van der Waals surface area (Å²) in [5.41, 5.74) is 5.89. The Morgan fingerprint density at radius 3 is 2.85 bits per heavy atom. The third-order valence-corrected chi connectivity index (χ3v) is 5.38. The minimum Gasteiger partial charge on any atom is -0.496 e. The number of imidazole rings is 2. The zero-order valence-corrected chi connectivity index (χ0v) is 15.8. The van der Waals surface area contributed by atoms with Crippen LogP contribution < -0.4 is 4.74 Å². The van der Waals surface area contributed by atoms with Gasteiger partial charge in [-0.05, 0) is 25.5 Å². The van der Waals surface area contributed by atoms with E-state index in [1.165, 1.54) is 22.5 Å². The second kappa shape index (κ2) is 6.61. The molecule has 0 unspecified atom stereocenters. The first-order valence-corrected chi connectivity index (χ1v) is 8.96. The van der Waals surface area contributed by atoms with Gasteiger partial charge >= 0.3 is 0 Å². The molecule has 4 rings (SSSR count). The molecule has 136 valence electrons. The van der Waals surface area contributed by atoms with E-state index >= 15 is 0 Å². The van der Waals surface area contributed by atoms with Crippen LogP contribution in [0, 0.1) is 13.8 Å². The minimum absolute atomic E-state index is 0.0854. The van der Waals surface area contributed by atoms with E-state index in [-0.39, 0.29) is 6.04 Å². The Morgan fingerprint density at radius 1 is 1.27 bits per heavy atom. The molecule has 3 aromatic rings. The van der Waals surface area contributed by atoms with Crippen molar-refractivity contribution < 1.29 is 4.74 Å². The van der Waals surface area contributed by atoms with Crippen molar-refractivity contribution >= 4 is 0 Å². The molecule has 2 aromatic heterocycles. The van der Waals surface area contributed by atoms with Crippen LogP contribution in [0.3, 0.4) is 0 Å². The summed E-state index contributed by atoms with van der Waals surface area (Å²) in [6.07, 6.45) is 4.75. The van der Waals surface area contributed by atoms with E-state index in [0.29, 0.717) is 0 Å². The smallest absolute Gasteiger partial charge is 0.123 e. The summed E-state index contributed by atoms with van der Waals surface area (Å²) >= 11 is 0. The van der Waals surface area contributed by atoms with Crippen LogP contribution in [-0.2, 0) is 20.0 Å². The Hall–Kier alpha value is -2.60. The largest absolute Gasteiger partial charge is 0.496 e. The summed E-state index contributed by atoms with van der Waals surface area (Å²) in [6, 6.07) is 6.50. The number of nitrogens with zero attached hydrogens (tertiary/aromatic N) is 4. The van der Waals surface area contributed by atoms with Crippen molar-refractivity contribution in [3.63, 3.8) is 0 Å². The number of nitrogens with one attached hydrogen (secondary N) is 1. The average molecular weight is 351 g/mol. The van der Waals surface area contributed by atoms with Crippen LogP contribution in [0.4, 0.5) is 0 Å². The third kappa shape index (κ3) is 2.80. The molecule has 0 fully saturated rings. The number of hydrogen-bond acceptors (Lipinski definition) is 4. The highest BCUT2D eigenvalue weighted by Gasteiger charge is 2.33. The van der Waals surface area contributed by atoms with Crippen LogP contribution in [-0.4, -0.2) is 38.1 Å². The lowest BCUT2D eigenvalue weighted by atomic mass is 9.98. The molecular weight excluding hydrogens is 326 g/mol. The number of aromatic nitrogens is 4. The Morgan fingerprint density at radius 2 is 2.12 bits per heavy atom. The molecule has 0 bridgehead atoms. The Balaban J connectivity index is 1.74. The number of fused-ring (bicyclic) bond motifs is 1. The van der Waals surface area contributed by atoms with Gasteiger partial charge in [0.15, 0.2) is 0 Å². The van der Waals surface area contributed by atoms with Crippen LogP contribution in [0.1, 0.15) is 40.1 Å². The first kappa shape index (κ1) is 16.8. The SMILES string of the molecule is COc1cc(C)ccc1CN1CCc2[nH]cnc2[C@@H]1c1cnc(C)n1C. The van der Waals surface area contributed by atoms with Crippen molar-refractivity contribution in [2.45, 2.75) is 32.9 Å². The van der Waals surface area contributed by atoms with Crippen LogP contribution >= 0.6 is 0 Å². The zero-order valence-electron chi connectivity index (χ0n) is 15.8. The first-order valence-electron chi connectivity index (χ1n) is 8.96. The number of rotatable bonds is 4. The molecule has 1 atom stereocenters. The van der Waals surface area contributed by atoms with Crippen LogP contribution in [0.15, 0.2) is 30.7 Å². The van der Waals surface area contributed by atoms with Crippen molar-refractivity contribution in [2.24, 2.45) is 7.05 Å². The van der Waals surface area contributed by atoms with Gasteiger partial charge in [-0.2, -0.15) is 0 Å². The molecule has 0 spiro atoms. The Kier molecular flexibility index (Phi) is 4.28. The highest BCUT2D eigenvalue weighted by atomic mass is 16.5. The van der Waals surface area contributed by atoms with Gasteiger partial charge < -0.3 is 14.3 Å². The van der Waals surface area contributed by atoms with Crippen molar-refractivity contribution in [1.82, 2.24) is 24.4 Å². The molecule has 0 saturated heterocycles. The molecule has 1 aliphatic heterocycles. The molecular formula is C20H25N5O. The van der Waals surface area contributed by atoms with Gasteiger partial charge in [-0.1, -0.05) is 12.1 Å². The van der Waals surface area contributed by atoms with Crippen molar-refractivity contribution in [3.05, 3.63) is 64.8 Å². The van der Waals surface area contributed by atoms with Gasteiger partial charge in [0.05, 0.1) is 37.1 Å². The summed E-state index contributed by atoms with van der Waals surface area (Å²) in [5, 5.41) is 0. The second-order valence-electron chi connectivity index (χ2n) is 6.99. The van der Waals surface area contributed by atoms with E-state index in [9.17, 15) is 0 Å². The van der Waals surface area contributed by atoms with E-state index in [0.717, 1.165) is 36.8 Å². The highest BCUT2D eigenvalue weighted by Crippen LogP contribution is 2.35. The fraction of sp³-hybridized carbons (Fsp3) is 0.400. The number of benzene rings is 1. The zero-order chi connectivity index (χ0) is 18.3. The fourth-order valence-corrected chi connectivity index (χ4v) is 3.80. The quantitative estimate of drug-likeness (QED) is 0.785. The molecule has 1 N–H and O–H groups in total. The number of hydrogen-bond donors (Lipinski definition) is 1. The monoisotopic (exact) mass is 351 g/mol. The molecule has 0 radical (unpaired) electrons. The summed E-state index contributed by atoms with van der Waals surface area (Å²) in [5.74, 6) is 1.95. The van der Waals surface area contributed by atoms with Crippen molar-refractivity contribution in [3.8, 4) is 5.75 Å². The molecule has 0 aliphatic carbocycles. The van der Waals surface area contributed by atoms with Crippen LogP contribution in [0.5, 0.6) is 5.75 Å². The van der Waals surface area contributed by atoms with Gasteiger partial charge in [-0.15, -0.1) is 0 Å². The van der Waals surface area contributed by atoms with Gasteiger partial charge in [0, 0.05) is 37.8 Å². The lowest BCUT2D eigenvalue weighted by Gasteiger charge is -2.35. The number of aryl methyl sites for hydroxylation is 2. The topological polar surface area (TPSA) is 59.0 Å². The van der Waals surface area contributed by atoms with E-state index in [2.05, 4.69) is 56.6 Å². The highest BCUT2D eigenvalue weighted by molar-refractivity contribution is 5.38. The summed E-state index contributed by atoms with van der Waals surface area (Å²) < 4.78 is 7.79. The number of methoxy groups -OCH3 is 1. The maximum absolute atomic E-state index is 5.62. The van der Waals surface area contributed by atoms with Crippen LogP contribution in [0.2, 0.25) is 0 Å². The average Bonchev–Trinajstić information content (AvgIpc) is 3.24. The molecule has 0 saturated carbocycles. The maximum atomic E-state index is 5.62. The summed E-state index contributed by atoms with van der Waals surface area (Å²) in [7, 11) is 3.81. The molecule has 1 aromatic carbocycles. The first-order chi connectivity index (χ1) is 12.6. The lowest BCUT2D eigenvalue weighted by molar-refractivity contribution is 0.192. The van der Waals surface area contributed by atoms with Gasteiger partial charge in [-0.25, -0.2) is 9.97 Å². The van der Waals surface area contributed by atoms with Crippen molar-refractivity contribution in [1.29, 1.82) is 0 Å². The standard InChI is InChI=1S/C20H25N5O/c1-13-5-6-15(18(9-13)26-4)11-25-8-7-16-19(23-12-22-16)20(25)17-10-21-14(2)24(17)3/h5-6,9-10,12,20H,7-8,11H2,1-4H3,(H,22,23)/t20-/m0/s1. The van der Waals surface area contributed by atoms with E-state index < -0.39 is 0 Å². The minimum atomic E-state index is 0.0854. The molecule has 1 aliphatic rings. The second-order valence-corrected chi connectivity index (χ2v) is 6.99. The number of aromatic amines is 1. The van der Waals surface area contributed by atoms with E-state index in [1.54, 1.807) is 13.4 Å². The van der Waals surface area contributed by atoms with Crippen molar-refractivity contribution in [2.75, 3.05) is 13.7 Å². The van der Waals surface area contributed by atoms with E-state index in [4.69, 9.17) is 4.74 Å². The Bertz CT molecular complexity index is 926. The van der Waals surface area contributed by atoms with Gasteiger partial charge in [0.25, 0.3) is 0 Å². The number of ether oxygens (including phenoxy) is 1. The lowest BCUT2D eigenvalue weighted by Crippen LogP contribution is -2.36. The maximum Gasteiger partial charge on any atom is 0.123 e. The molecule has 0 amide bonds. The predicted molar refractivity (Wildman–Crippen MR) is 100 cm³/mol. The van der Waals surface area contributed by atoms with Crippen LogP contribution in [0.25, 0.3) is 0 Å². The van der Waals surface area contributed by atoms with Gasteiger partial charge in [-0.3, -0.25) is 4.90 Å². The number of H-pyrrole nitrogens is 1. The Labute approximate surface area is 153 Å². The van der Waals surface area contributed by atoms with Gasteiger partial charge in [0.1, 0.15) is 11.6 Å². The predicted octanol–water partition coefficient (Wildman–Crippen LogP) is 2.92. The fourth-order valence-electron chi connectivity index (χ4n) is 3.80. The molecule has 6 nitrogen and oxygen atoms in total. The molecule has 3 heterocycles. The van der Waals surface area contributed by atoms with E-state index in [1.807, 2.05) is 13.1 Å². The molecule has 26 heavy (non-hydrogen) atoms.